The summed E-state index contributed by atoms with van der Waals surface area (Å²) in [7, 11) is 3.31. The van der Waals surface area contributed by atoms with Gasteiger partial charge in [0.05, 0.1) is 24.0 Å². The van der Waals surface area contributed by atoms with Crippen LogP contribution in [0.3, 0.4) is 0 Å². The van der Waals surface area contributed by atoms with Gasteiger partial charge in [0.1, 0.15) is 11.4 Å². The number of ether oxygens (including phenoxy) is 1. The highest BCUT2D eigenvalue weighted by Gasteiger charge is 2.55. The number of hydrogen-bond acceptors (Lipinski definition) is 4. The number of nitrogens with zero attached hydrogens (tertiary/aromatic N) is 1. The van der Waals surface area contributed by atoms with Gasteiger partial charge in [0.15, 0.2) is 0 Å². The van der Waals surface area contributed by atoms with Crippen LogP contribution >= 0.6 is 0 Å². The molecule has 2 unspecified atom stereocenters. The summed E-state index contributed by atoms with van der Waals surface area (Å²) in [6.07, 6.45) is 4.68. The van der Waals surface area contributed by atoms with E-state index in [1.165, 1.54) is 0 Å². The van der Waals surface area contributed by atoms with Crippen LogP contribution in [0.5, 0.6) is 5.75 Å². The topological polar surface area (TPSA) is 80.6 Å². The largest absolute Gasteiger partial charge is 0.496 e. The van der Waals surface area contributed by atoms with Crippen LogP contribution in [-0.4, -0.2) is 40.1 Å². The zero-order valence-corrected chi connectivity index (χ0v) is 18.4. The van der Waals surface area contributed by atoms with E-state index in [0.29, 0.717) is 40.5 Å². The lowest BCUT2D eigenvalue weighted by Crippen LogP contribution is -2.61. The fourth-order valence-corrected chi connectivity index (χ4v) is 6.71. The second-order valence-electron chi connectivity index (χ2n) is 9.84. The summed E-state index contributed by atoms with van der Waals surface area (Å²) < 4.78 is 7.04. The minimum absolute atomic E-state index is 0.104. The van der Waals surface area contributed by atoms with Gasteiger partial charge in [-0.05, 0) is 80.5 Å². The van der Waals surface area contributed by atoms with E-state index in [2.05, 4.69) is 5.32 Å². The highest BCUT2D eigenvalue weighted by Crippen LogP contribution is 2.55. The maximum atomic E-state index is 13.3. The van der Waals surface area contributed by atoms with Crippen LogP contribution in [0.25, 0.3) is 0 Å². The molecule has 6 rings (SSSR count). The Morgan fingerprint density at radius 3 is 2.48 bits per heavy atom. The van der Waals surface area contributed by atoms with E-state index in [4.69, 9.17) is 4.74 Å². The Morgan fingerprint density at radius 1 is 1.16 bits per heavy atom. The standard InChI is InChI=1S/C25H30N2O4/c1-14-8-19(23(28)18-6-4-5-7-20(18)31-3)27(2)22(14)24(29)26-21-16-9-15-10-17(21)13-25(30,11-15)12-16/h4-8,15-17,21,30H,9-13H2,1-3H3,(H,26,29). The molecule has 1 heterocycles. The molecule has 0 saturated heterocycles. The van der Waals surface area contributed by atoms with Crippen LogP contribution in [0.15, 0.2) is 30.3 Å². The molecule has 4 aliphatic carbocycles. The predicted octanol–water partition coefficient (Wildman–Crippen LogP) is 3.24. The number of aliphatic hydroxyl groups is 1. The number of benzene rings is 1. The van der Waals surface area contributed by atoms with E-state index in [-0.39, 0.29) is 17.7 Å². The first-order valence-electron chi connectivity index (χ1n) is 11.2. The molecule has 0 aliphatic heterocycles. The molecule has 2 N–H and O–H groups in total. The molecule has 0 radical (unpaired) electrons. The summed E-state index contributed by atoms with van der Waals surface area (Å²) in [6, 6.07) is 9.01. The number of hydrogen-bond donors (Lipinski definition) is 2. The summed E-state index contributed by atoms with van der Waals surface area (Å²) in [6.45, 7) is 1.87. The van der Waals surface area contributed by atoms with E-state index in [1.54, 1.807) is 43.0 Å². The zero-order valence-electron chi connectivity index (χ0n) is 18.4. The van der Waals surface area contributed by atoms with Crippen LogP contribution in [-0.2, 0) is 7.05 Å². The molecule has 1 aromatic carbocycles. The van der Waals surface area contributed by atoms with Crippen molar-refractivity contribution in [2.45, 2.75) is 50.7 Å². The molecule has 1 amide bonds. The van der Waals surface area contributed by atoms with Crippen LogP contribution < -0.4 is 10.1 Å². The minimum atomic E-state index is -0.521. The molecule has 4 bridgehead atoms. The maximum Gasteiger partial charge on any atom is 0.268 e. The number of methoxy groups -OCH3 is 1. The van der Waals surface area contributed by atoms with Crippen molar-refractivity contribution in [1.29, 1.82) is 0 Å². The number of ketones is 1. The second-order valence-corrected chi connectivity index (χ2v) is 9.84. The fraction of sp³-hybridized carbons (Fsp3) is 0.520. The molecule has 4 saturated carbocycles. The Morgan fingerprint density at radius 2 is 1.84 bits per heavy atom. The van der Waals surface area contributed by atoms with Gasteiger partial charge in [-0.2, -0.15) is 0 Å². The number of para-hydroxylation sites is 1. The zero-order chi connectivity index (χ0) is 21.9. The number of rotatable bonds is 5. The number of carbonyl (C=O) groups excluding carboxylic acids is 2. The summed E-state index contributed by atoms with van der Waals surface area (Å²) >= 11 is 0. The van der Waals surface area contributed by atoms with Gasteiger partial charge in [-0.1, -0.05) is 12.1 Å². The van der Waals surface area contributed by atoms with Crippen molar-refractivity contribution in [2.75, 3.05) is 7.11 Å². The van der Waals surface area contributed by atoms with Crippen LogP contribution in [0, 0.1) is 24.7 Å². The fourth-order valence-electron chi connectivity index (χ4n) is 6.71. The summed E-state index contributed by atoms with van der Waals surface area (Å²) in [4.78, 5) is 26.5. The van der Waals surface area contributed by atoms with Gasteiger partial charge in [0.25, 0.3) is 5.91 Å². The number of nitrogens with one attached hydrogen (secondary N) is 1. The minimum Gasteiger partial charge on any atom is -0.496 e. The molecule has 1 aromatic heterocycles. The van der Waals surface area contributed by atoms with Crippen LogP contribution in [0.4, 0.5) is 0 Å². The monoisotopic (exact) mass is 422 g/mol. The number of carbonyl (C=O) groups is 2. The molecular formula is C25H30N2O4. The number of aromatic nitrogens is 1. The van der Waals surface area contributed by atoms with Gasteiger partial charge in [-0.15, -0.1) is 0 Å². The summed E-state index contributed by atoms with van der Waals surface area (Å²) in [5, 5.41) is 14.1. The summed E-state index contributed by atoms with van der Waals surface area (Å²) in [5.74, 6) is 1.50. The van der Waals surface area contributed by atoms with Crippen molar-refractivity contribution < 1.29 is 19.4 Å². The van der Waals surface area contributed by atoms with Gasteiger partial charge in [-0.3, -0.25) is 9.59 Å². The molecule has 4 fully saturated rings. The Labute approximate surface area is 182 Å². The first-order chi connectivity index (χ1) is 14.8. The predicted molar refractivity (Wildman–Crippen MR) is 116 cm³/mol. The average Bonchev–Trinajstić information content (AvgIpc) is 3.02. The molecule has 6 nitrogen and oxygen atoms in total. The Hall–Kier alpha value is -2.60. The van der Waals surface area contributed by atoms with E-state index in [1.807, 2.05) is 13.0 Å². The quantitative estimate of drug-likeness (QED) is 0.725. The normalized spacial score (nSPS) is 31.0. The average molecular weight is 423 g/mol. The molecule has 164 valence electrons. The van der Waals surface area contributed by atoms with E-state index in [9.17, 15) is 14.7 Å². The maximum absolute atomic E-state index is 13.3. The smallest absolute Gasteiger partial charge is 0.268 e. The van der Waals surface area contributed by atoms with E-state index in [0.717, 1.165) is 37.7 Å². The lowest BCUT2D eigenvalue weighted by atomic mass is 9.52. The van der Waals surface area contributed by atoms with Crippen molar-refractivity contribution in [3.05, 3.63) is 52.8 Å². The molecule has 4 aliphatic rings. The first kappa shape index (κ1) is 20.3. The molecule has 2 atom stereocenters. The van der Waals surface area contributed by atoms with Crippen molar-refractivity contribution >= 4 is 11.7 Å². The third-order valence-corrected chi connectivity index (χ3v) is 7.76. The second kappa shape index (κ2) is 7.23. The molecule has 31 heavy (non-hydrogen) atoms. The molecule has 2 aromatic rings. The van der Waals surface area contributed by atoms with E-state index < -0.39 is 5.60 Å². The van der Waals surface area contributed by atoms with Crippen molar-refractivity contribution in [3.8, 4) is 5.75 Å². The van der Waals surface area contributed by atoms with Gasteiger partial charge in [0, 0.05) is 13.1 Å². The van der Waals surface area contributed by atoms with Gasteiger partial charge in [-0.25, -0.2) is 0 Å². The Bertz CT molecular complexity index is 1040. The van der Waals surface area contributed by atoms with Crippen LogP contribution in [0.1, 0.15) is 64.2 Å². The van der Waals surface area contributed by atoms with Gasteiger partial charge >= 0.3 is 0 Å². The Balaban J connectivity index is 1.40. The van der Waals surface area contributed by atoms with E-state index >= 15 is 0 Å². The summed E-state index contributed by atoms with van der Waals surface area (Å²) in [5.41, 5.74) is 1.72. The highest BCUT2D eigenvalue weighted by atomic mass is 16.5. The molecule has 6 heteroatoms. The number of amides is 1. The van der Waals surface area contributed by atoms with Gasteiger partial charge in [0.2, 0.25) is 5.78 Å². The molecule has 0 spiro atoms. The SMILES string of the molecule is COc1ccccc1C(=O)c1cc(C)c(C(=O)NC2C3CC4CC2CC(O)(C4)C3)n1C. The highest BCUT2D eigenvalue weighted by molar-refractivity contribution is 6.11. The van der Waals surface area contributed by atoms with Crippen LogP contribution in [0.2, 0.25) is 0 Å². The van der Waals surface area contributed by atoms with Crippen molar-refractivity contribution in [2.24, 2.45) is 24.8 Å². The molecular weight excluding hydrogens is 392 g/mol. The lowest BCUT2D eigenvalue weighted by Gasteiger charge is -2.58. The third kappa shape index (κ3) is 3.28. The first-order valence-corrected chi connectivity index (χ1v) is 11.2. The Kier molecular flexibility index (Phi) is 4.74. The lowest BCUT2D eigenvalue weighted by molar-refractivity contribution is -0.137. The van der Waals surface area contributed by atoms with Gasteiger partial charge < -0.3 is 19.7 Å². The van der Waals surface area contributed by atoms with Crippen molar-refractivity contribution in [3.63, 3.8) is 0 Å². The number of aryl methyl sites for hydroxylation is 1. The van der Waals surface area contributed by atoms with Crippen molar-refractivity contribution in [1.82, 2.24) is 9.88 Å². The third-order valence-electron chi connectivity index (χ3n) is 7.76.